The summed E-state index contributed by atoms with van der Waals surface area (Å²) in [5, 5.41) is 3.02. The Labute approximate surface area is 166 Å². The van der Waals surface area contributed by atoms with Crippen LogP contribution in [0, 0.1) is 5.82 Å². The zero-order chi connectivity index (χ0) is 20.1. The second-order valence-electron chi connectivity index (χ2n) is 7.72. The fourth-order valence-electron chi connectivity index (χ4n) is 4.06. The third-order valence-corrected chi connectivity index (χ3v) is 5.83. The van der Waals surface area contributed by atoms with E-state index in [0.29, 0.717) is 13.0 Å². The summed E-state index contributed by atoms with van der Waals surface area (Å²) in [5.74, 6) is -0.0356. The van der Waals surface area contributed by atoms with Gasteiger partial charge in [-0.25, -0.2) is 4.39 Å². The van der Waals surface area contributed by atoms with Gasteiger partial charge in [0, 0.05) is 57.4 Å². The molecule has 1 aromatic rings. The Bertz CT molecular complexity index is 673. The van der Waals surface area contributed by atoms with Crippen molar-refractivity contribution < 1.29 is 14.0 Å². The summed E-state index contributed by atoms with van der Waals surface area (Å²) in [5.41, 5.74) is 1.02. The van der Waals surface area contributed by atoms with Gasteiger partial charge >= 0.3 is 0 Å². The molecule has 1 N–H and O–H groups in total. The molecule has 2 aliphatic rings. The van der Waals surface area contributed by atoms with E-state index in [2.05, 4.69) is 15.1 Å². The highest BCUT2D eigenvalue weighted by atomic mass is 19.1. The summed E-state index contributed by atoms with van der Waals surface area (Å²) in [6.07, 6.45) is 2.32. The Balaban J connectivity index is 1.51. The molecule has 0 aliphatic carbocycles. The van der Waals surface area contributed by atoms with Crippen LogP contribution in [-0.2, 0) is 9.59 Å². The average molecular weight is 391 g/mol. The van der Waals surface area contributed by atoms with Crippen LogP contribution in [0.5, 0.6) is 0 Å². The molecule has 2 aliphatic heterocycles. The van der Waals surface area contributed by atoms with Crippen molar-refractivity contribution in [2.75, 3.05) is 44.2 Å². The summed E-state index contributed by atoms with van der Waals surface area (Å²) in [4.78, 5) is 31.0. The van der Waals surface area contributed by atoms with Crippen molar-refractivity contribution in [1.29, 1.82) is 0 Å². The lowest BCUT2D eigenvalue weighted by Crippen LogP contribution is -2.57. The van der Waals surface area contributed by atoms with Crippen LogP contribution in [-0.4, -0.2) is 73.0 Å². The number of nitrogens with zero attached hydrogens (tertiary/aromatic N) is 3. The van der Waals surface area contributed by atoms with Crippen LogP contribution in [0.2, 0.25) is 0 Å². The van der Waals surface area contributed by atoms with E-state index in [-0.39, 0.29) is 29.7 Å². The number of rotatable bonds is 5. The zero-order valence-electron chi connectivity index (χ0n) is 16.9. The monoisotopic (exact) mass is 390 g/mol. The molecule has 6 nitrogen and oxygen atoms in total. The lowest BCUT2D eigenvalue weighted by Gasteiger charge is -2.41. The van der Waals surface area contributed by atoms with Crippen molar-refractivity contribution in [2.45, 2.75) is 45.2 Å². The first-order valence-corrected chi connectivity index (χ1v) is 10.3. The second-order valence-corrected chi connectivity index (χ2v) is 7.72. The van der Waals surface area contributed by atoms with E-state index in [0.717, 1.165) is 51.3 Å². The molecule has 0 spiro atoms. The number of carbonyl (C=O) groups is 2. The lowest BCUT2D eigenvalue weighted by molar-refractivity contribution is -0.138. The quantitative estimate of drug-likeness (QED) is 0.834. The molecule has 2 heterocycles. The Morgan fingerprint density at radius 2 is 1.82 bits per heavy atom. The minimum atomic E-state index is -0.225. The number of likely N-dealkylation sites (tertiary alicyclic amines) is 1. The summed E-state index contributed by atoms with van der Waals surface area (Å²) in [6, 6.07) is 6.47. The fourth-order valence-corrected chi connectivity index (χ4v) is 4.06. The first-order valence-electron chi connectivity index (χ1n) is 10.3. The molecule has 28 heavy (non-hydrogen) atoms. The summed E-state index contributed by atoms with van der Waals surface area (Å²) < 4.78 is 13.1. The highest BCUT2D eigenvalue weighted by Crippen LogP contribution is 2.19. The molecule has 0 radical (unpaired) electrons. The molecule has 7 heteroatoms. The van der Waals surface area contributed by atoms with E-state index >= 15 is 0 Å². The smallest absolute Gasteiger partial charge is 0.239 e. The number of anilines is 1. The van der Waals surface area contributed by atoms with Crippen LogP contribution in [0.3, 0.4) is 0 Å². The molecule has 0 saturated carbocycles. The Morgan fingerprint density at radius 1 is 1.14 bits per heavy atom. The van der Waals surface area contributed by atoms with Crippen molar-refractivity contribution >= 4 is 17.5 Å². The highest BCUT2D eigenvalue weighted by Gasteiger charge is 2.31. The van der Waals surface area contributed by atoms with Crippen LogP contribution in [0.1, 0.15) is 33.1 Å². The van der Waals surface area contributed by atoms with Gasteiger partial charge in [-0.3, -0.25) is 14.5 Å². The molecule has 3 rings (SSSR count). The third-order valence-electron chi connectivity index (χ3n) is 5.83. The molecule has 2 atom stereocenters. The van der Waals surface area contributed by atoms with Gasteiger partial charge in [0.1, 0.15) is 5.82 Å². The van der Waals surface area contributed by atoms with Crippen LogP contribution in [0.25, 0.3) is 0 Å². The van der Waals surface area contributed by atoms with Gasteiger partial charge in [0.25, 0.3) is 0 Å². The zero-order valence-corrected chi connectivity index (χ0v) is 16.9. The SMILES string of the molecule is CCC(=O)NC1CCCN(C(=O)C(C)N2CCN(c3ccc(F)cc3)CC2)C1. The Hall–Kier alpha value is -2.15. The van der Waals surface area contributed by atoms with Gasteiger partial charge in [-0.15, -0.1) is 0 Å². The van der Waals surface area contributed by atoms with Crippen LogP contribution >= 0.6 is 0 Å². The molecular formula is C21H31FN4O2. The minimum Gasteiger partial charge on any atom is -0.369 e. The van der Waals surface area contributed by atoms with Gasteiger partial charge in [0.2, 0.25) is 11.8 Å². The van der Waals surface area contributed by atoms with Crippen molar-refractivity contribution in [3.05, 3.63) is 30.1 Å². The predicted octanol–water partition coefficient (Wildman–Crippen LogP) is 1.85. The summed E-state index contributed by atoms with van der Waals surface area (Å²) in [6.45, 7) is 8.42. The first kappa shape index (κ1) is 20.6. The molecule has 2 fully saturated rings. The minimum absolute atomic E-state index is 0.0456. The Morgan fingerprint density at radius 3 is 2.46 bits per heavy atom. The van der Waals surface area contributed by atoms with E-state index in [9.17, 15) is 14.0 Å². The van der Waals surface area contributed by atoms with Crippen molar-refractivity contribution in [3.8, 4) is 0 Å². The van der Waals surface area contributed by atoms with Crippen LogP contribution in [0.15, 0.2) is 24.3 Å². The molecular weight excluding hydrogens is 359 g/mol. The molecule has 0 bridgehead atoms. The number of nitrogens with one attached hydrogen (secondary N) is 1. The van der Waals surface area contributed by atoms with E-state index in [1.165, 1.54) is 12.1 Å². The lowest BCUT2D eigenvalue weighted by atomic mass is 10.0. The molecule has 2 saturated heterocycles. The van der Waals surface area contributed by atoms with Crippen molar-refractivity contribution in [2.24, 2.45) is 0 Å². The maximum absolute atomic E-state index is 13.1. The number of piperidine rings is 1. The maximum Gasteiger partial charge on any atom is 0.239 e. The number of halogens is 1. The van der Waals surface area contributed by atoms with E-state index in [4.69, 9.17) is 0 Å². The van der Waals surface area contributed by atoms with Gasteiger partial charge < -0.3 is 15.1 Å². The summed E-state index contributed by atoms with van der Waals surface area (Å²) >= 11 is 0. The summed E-state index contributed by atoms with van der Waals surface area (Å²) in [7, 11) is 0. The number of hydrogen-bond acceptors (Lipinski definition) is 4. The second kappa shape index (κ2) is 9.37. The van der Waals surface area contributed by atoms with Gasteiger partial charge in [0.05, 0.1) is 6.04 Å². The molecule has 2 unspecified atom stereocenters. The third kappa shape index (κ3) is 5.01. The number of hydrogen-bond donors (Lipinski definition) is 1. The fraction of sp³-hybridized carbons (Fsp3) is 0.619. The molecule has 1 aromatic carbocycles. The highest BCUT2D eigenvalue weighted by molar-refractivity contribution is 5.82. The number of piperazine rings is 1. The van der Waals surface area contributed by atoms with Gasteiger partial charge in [0.15, 0.2) is 0 Å². The van der Waals surface area contributed by atoms with Gasteiger partial charge in [-0.1, -0.05) is 6.92 Å². The normalized spacial score (nSPS) is 22.0. The van der Waals surface area contributed by atoms with E-state index in [1.54, 1.807) is 12.1 Å². The topological polar surface area (TPSA) is 55.9 Å². The maximum atomic E-state index is 13.1. The number of carbonyl (C=O) groups excluding carboxylic acids is 2. The Kier molecular flexibility index (Phi) is 6.88. The number of amides is 2. The van der Waals surface area contributed by atoms with Gasteiger partial charge in [-0.05, 0) is 44.0 Å². The largest absolute Gasteiger partial charge is 0.369 e. The predicted molar refractivity (Wildman–Crippen MR) is 108 cm³/mol. The van der Waals surface area contributed by atoms with Crippen molar-refractivity contribution in [3.63, 3.8) is 0 Å². The van der Waals surface area contributed by atoms with E-state index in [1.807, 2.05) is 18.7 Å². The van der Waals surface area contributed by atoms with E-state index < -0.39 is 0 Å². The number of benzene rings is 1. The average Bonchev–Trinajstić information content (AvgIpc) is 2.73. The van der Waals surface area contributed by atoms with Crippen LogP contribution < -0.4 is 10.2 Å². The van der Waals surface area contributed by atoms with Gasteiger partial charge in [-0.2, -0.15) is 0 Å². The molecule has 2 amide bonds. The standard InChI is InChI=1S/C21H31FN4O2/c1-3-20(27)23-18-5-4-10-26(15-18)21(28)16(2)24-11-13-25(14-12-24)19-8-6-17(22)7-9-19/h6-9,16,18H,3-5,10-15H2,1-2H3,(H,23,27). The molecule has 0 aromatic heterocycles. The first-order chi connectivity index (χ1) is 13.5. The van der Waals surface area contributed by atoms with Crippen molar-refractivity contribution in [1.82, 2.24) is 15.1 Å². The van der Waals surface area contributed by atoms with Crippen LogP contribution in [0.4, 0.5) is 10.1 Å². The molecule has 154 valence electrons.